The van der Waals surface area contributed by atoms with Crippen LogP contribution < -0.4 is 15.8 Å². The van der Waals surface area contributed by atoms with Gasteiger partial charge in [0.15, 0.2) is 0 Å². The molecule has 1 aromatic rings. The summed E-state index contributed by atoms with van der Waals surface area (Å²) in [6.07, 6.45) is 4.35. The molecule has 1 amide bonds. The predicted octanol–water partition coefficient (Wildman–Crippen LogP) is 2.89. The minimum Gasteiger partial charge on any atom is -0.435 e. The van der Waals surface area contributed by atoms with Crippen LogP contribution in [0.15, 0.2) is 24.3 Å². The summed E-state index contributed by atoms with van der Waals surface area (Å²) in [4.78, 5) is 12.2. The van der Waals surface area contributed by atoms with Gasteiger partial charge in [-0.05, 0) is 37.1 Å². The first-order valence-corrected chi connectivity index (χ1v) is 6.65. The van der Waals surface area contributed by atoms with Crippen LogP contribution in [0.3, 0.4) is 0 Å². The van der Waals surface area contributed by atoms with Crippen molar-refractivity contribution in [2.45, 2.75) is 44.3 Å². The van der Waals surface area contributed by atoms with Crippen molar-refractivity contribution in [3.05, 3.63) is 24.3 Å². The topological polar surface area (TPSA) is 64.4 Å². The standard InChI is InChI=1S/C14H18F2N2O2/c15-13(16)20-11-6-4-10(5-7-11)18-12(19)14(17)8-2-1-3-9-14/h4-7,13H,1-3,8-9,17H2,(H,18,19). The Balaban J connectivity index is 1.97. The van der Waals surface area contributed by atoms with E-state index in [1.54, 1.807) is 0 Å². The van der Waals surface area contributed by atoms with Crippen molar-refractivity contribution in [1.29, 1.82) is 0 Å². The third-order valence-corrected chi connectivity index (χ3v) is 3.54. The van der Waals surface area contributed by atoms with Crippen molar-refractivity contribution >= 4 is 11.6 Å². The van der Waals surface area contributed by atoms with Crippen LogP contribution in [0, 0.1) is 0 Å². The number of benzene rings is 1. The Hall–Kier alpha value is -1.69. The lowest BCUT2D eigenvalue weighted by atomic mass is 9.82. The van der Waals surface area contributed by atoms with E-state index in [2.05, 4.69) is 10.1 Å². The van der Waals surface area contributed by atoms with Gasteiger partial charge in [-0.1, -0.05) is 19.3 Å². The van der Waals surface area contributed by atoms with E-state index in [0.717, 1.165) is 19.3 Å². The highest BCUT2D eigenvalue weighted by Crippen LogP contribution is 2.27. The molecule has 0 aromatic heterocycles. The molecule has 3 N–H and O–H groups in total. The summed E-state index contributed by atoms with van der Waals surface area (Å²) in [6.45, 7) is -2.86. The Labute approximate surface area is 116 Å². The highest BCUT2D eigenvalue weighted by atomic mass is 19.3. The Bertz CT molecular complexity index is 457. The zero-order valence-electron chi connectivity index (χ0n) is 11.1. The van der Waals surface area contributed by atoms with Gasteiger partial charge < -0.3 is 15.8 Å². The number of halogens is 2. The average Bonchev–Trinajstić information content (AvgIpc) is 2.41. The van der Waals surface area contributed by atoms with Crippen LogP contribution in [-0.2, 0) is 4.79 Å². The molecule has 1 aliphatic rings. The minimum absolute atomic E-state index is 0.0538. The lowest BCUT2D eigenvalue weighted by molar-refractivity contribution is -0.122. The molecule has 0 saturated heterocycles. The highest BCUT2D eigenvalue weighted by Gasteiger charge is 2.35. The van der Waals surface area contributed by atoms with E-state index in [4.69, 9.17) is 5.73 Å². The maximum atomic E-state index is 12.2. The third-order valence-electron chi connectivity index (χ3n) is 3.54. The summed E-state index contributed by atoms with van der Waals surface area (Å²) in [6, 6.07) is 5.79. The summed E-state index contributed by atoms with van der Waals surface area (Å²) < 4.78 is 28.3. The van der Waals surface area contributed by atoms with Crippen molar-refractivity contribution in [1.82, 2.24) is 0 Å². The maximum absolute atomic E-state index is 12.2. The lowest BCUT2D eigenvalue weighted by Crippen LogP contribution is -2.52. The van der Waals surface area contributed by atoms with Gasteiger partial charge >= 0.3 is 6.61 Å². The van der Waals surface area contributed by atoms with Gasteiger partial charge in [-0.3, -0.25) is 4.79 Å². The summed E-state index contributed by atoms with van der Waals surface area (Å²) >= 11 is 0. The van der Waals surface area contributed by atoms with Crippen LogP contribution >= 0.6 is 0 Å². The van der Waals surface area contributed by atoms with Crippen LogP contribution in [0.25, 0.3) is 0 Å². The molecule has 0 radical (unpaired) electrons. The van der Waals surface area contributed by atoms with Crippen molar-refractivity contribution in [2.24, 2.45) is 5.73 Å². The first kappa shape index (κ1) is 14.7. The fourth-order valence-electron chi connectivity index (χ4n) is 2.39. The van der Waals surface area contributed by atoms with Gasteiger partial charge in [0, 0.05) is 5.69 Å². The smallest absolute Gasteiger partial charge is 0.387 e. The Kier molecular flexibility index (Phi) is 4.54. The van der Waals surface area contributed by atoms with Crippen LogP contribution in [-0.4, -0.2) is 18.1 Å². The van der Waals surface area contributed by atoms with Gasteiger partial charge in [0.1, 0.15) is 5.75 Å². The molecule has 1 aromatic carbocycles. The van der Waals surface area contributed by atoms with Gasteiger partial charge in [-0.15, -0.1) is 0 Å². The van der Waals surface area contributed by atoms with Gasteiger partial charge in [-0.2, -0.15) is 8.78 Å². The zero-order valence-corrected chi connectivity index (χ0v) is 11.1. The van der Waals surface area contributed by atoms with E-state index >= 15 is 0 Å². The number of alkyl halides is 2. The van der Waals surface area contributed by atoms with Crippen molar-refractivity contribution in [2.75, 3.05) is 5.32 Å². The predicted molar refractivity (Wildman–Crippen MR) is 71.7 cm³/mol. The average molecular weight is 284 g/mol. The van der Waals surface area contributed by atoms with Crippen molar-refractivity contribution in [3.63, 3.8) is 0 Å². The van der Waals surface area contributed by atoms with Gasteiger partial charge in [-0.25, -0.2) is 0 Å². The molecule has 0 atom stereocenters. The summed E-state index contributed by atoms with van der Waals surface area (Å²) in [7, 11) is 0. The zero-order chi connectivity index (χ0) is 14.6. The molecule has 1 aliphatic carbocycles. The monoisotopic (exact) mass is 284 g/mol. The SMILES string of the molecule is NC1(C(=O)Nc2ccc(OC(F)F)cc2)CCCCC1. The molecule has 4 nitrogen and oxygen atoms in total. The number of nitrogens with one attached hydrogen (secondary N) is 1. The van der Waals surface area contributed by atoms with Crippen LogP contribution in [0.5, 0.6) is 5.75 Å². The molecule has 0 aliphatic heterocycles. The number of hydrogen-bond acceptors (Lipinski definition) is 3. The number of rotatable bonds is 4. The summed E-state index contributed by atoms with van der Waals surface area (Å²) in [5.74, 6) is -0.169. The number of ether oxygens (including phenoxy) is 1. The number of carbonyl (C=O) groups excluding carboxylic acids is 1. The quantitative estimate of drug-likeness (QED) is 0.893. The molecule has 6 heteroatoms. The molecule has 0 unspecified atom stereocenters. The van der Waals surface area contributed by atoms with Gasteiger partial charge in [0.25, 0.3) is 0 Å². The maximum Gasteiger partial charge on any atom is 0.387 e. The van der Waals surface area contributed by atoms with E-state index in [0.29, 0.717) is 18.5 Å². The van der Waals surface area contributed by atoms with E-state index in [-0.39, 0.29) is 11.7 Å². The number of hydrogen-bond donors (Lipinski definition) is 2. The Morgan fingerprint density at radius 2 is 1.80 bits per heavy atom. The highest BCUT2D eigenvalue weighted by molar-refractivity contribution is 5.98. The fourth-order valence-corrected chi connectivity index (χ4v) is 2.39. The van der Waals surface area contributed by atoms with Crippen LogP contribution in [0.2, 0.25) is 0 Å². The van der Waals surface area contributed by atoms with Gasteiger partial charge in [0.2, 0.25) is 5.91 Å². The van der Waals surface area contributed by atoms with Crippen LogP contribution in [0.1, 0.15) is 32.1 Å². The minimum atomic E-state index is -2.86. The molecule has 20 heavy (non-hydrogen) atoms. The normalized spacial score (nSPS) is 17.8. The molecular weight excluding hydrogens is 266 g/mol. The van der Waals surface area contributed by atoms with Crippen molar-refractivity contribution in [3.8, 4) is 5.75 Å². The molecule has 110 valence electrons. The number of carbonyl (C=O) groups is 1. The number of anilines is 1. The molecule has 0 spiro atoms. The summed E-state index contributed by atoms with van der Waals surface area (Å²) in [5, 5.41) is 2.73. The van der Waals surface area contributed by atoms with E-state index in [1.165, 1.54) is 24.3 Å². The second-order valence-electron chi connectivity index (χ2n) is 5.07. The number of amides is 1. The molecule has 0 heterocycles. The third kappa shape index (κ3) is 3.66. The lowest BCUT2D eigenvalue weighted by Gasteiger charge is -2.31. The second-order valence-corrected chi connectivity index (χ2v) is 5.07. The Morgan fingerprint density at radius 3 is 2.35 bits per heavy atom. The largest absolute Gasteiger partial charge is 0.435 e. The molecule has 0 bridgehead atoms. The Morgan fingerprint density at radius 1 is 1.20 bits per heavy atom. The second kappa shape index (κ2) is 6.17. The van der Waals surface area contributed by atoms with Crippen molar-refractivity contribution < 1.29 is 18.3 Å². The molecular formula is C14H18F2N2O2. The number of nitrogens with two attached hydrogens (primary N) is 1. The molecule has 1 fully saturated rings. The van der Waals surface area contributed by atoms with E-state index in [1.807, 2.05) is 0 Å². The molecule has 2 rings (SSSR count). The summed E-state index contributed by atoms with van der Waals surface area (Å²) in [5.41, 5.74) is 5.81. The van der Waals surface area contributed by atoms with E-state index in [9.17, 15) is 13.6 Å². The first-order chi connectivity index (χ1) is 9.49. The molecule has 1 saturated carbocycles. The fraction of sp³-hybridized carbons (Fsp3) is 0.500. The van der Waals surface area contributed by atoms with Gasteiger partial charge in [0.05, 0.1) is 5.54 Å². The first-order valence-electron chi connectivity index (χ1n) is 6.65. The van der Waals surface area contributed by atoms with E-state index < -0.39 is 12.2 Å². The van der Waals surface area contributed by atoms with Crippen LogP contribution in [0.4, 0.5) is 14.5 Å².